The van der Waals surface area contributed by atoms with Crippen LogP contribution in [0.1, 0.15) is 16.7 Å². The van der Waals surface area contributed by atoms with Crippen LogP contribution in [-0.2, 0) is 26.9 Å². The summed E-state index contributed by atoms with van der Waals surface area (Å²) in [5.74, 6) is 0. The van der Waals surface area contributed by atoms with E-state index in [2.05, 4.69) is 76.8 Å². The Balaban J connectivity index is 0. The topological polar surface area (TPSA) is 0 Å². The van der Waals surface area contributed by atoms with Crippen LogP contribution in [0.4, 0.5) is 0 Å². The SMILES string of the molecule is Cc1ccc(C[C]2([Ti+3])C=CC=C2)cc1C.[Cl-].[Cl-].[Cl-]. The van der Waals surface area contributed by atoms with Gasteiger partial charge in [0, 0.05) is 0 Å². The molecule has 0 bridgehead atoms. The molecular formula is C14H15Cl3Ti. The normalized spacial score (nSPS) is 14.4. The summed E-state index contributed by atoms with van der Waals surface area (Å²) in [7, 11) is 0. The summed E-state index contributed by atoms with van der Waals surface area (Å²) < 4.78 is 0.224. The summed E-state index contributed by atoms with van der Waals surface area (Å²) in [6, 6.07) is 6.77. The third-order valence-corrected chi connectivity index (χ3v) is 3.76. The Morgan fingerprint density at radius 1 is 0.944 bits per heavy atom. The average molecular weight is 338 g/mol. The molecule has 0 saturated carbocycles. The molecule has 0 unspecified atom stereocenters. The van der Waals surface area contributed by atoms with Gasteiger partial charge >= 0.3 is 104 Å². The average Bonchev–Trinajstić information content (AvgIpc) is 2.59. The number of aryl methyl sites for hydroxylation is 2. The number of benzene rings is 1. The van der Waals surface area contributed by atoms with Crippen molar-refractivity contribution in [1.29, 1.82) is 0 Å². The van der Waals surface area contributed by atoms with Crippen molar-refractivity contribution in [2.45, 2.75) is 24.0 Å². The Hall–Kier alpha value is 0.284. The van der Waals surface area contributed by atoms with E-state index in [1.54, 1.807) is 0 Å². The van der Waals surface area contributed by atoms with Gasteiger partial charge in [-0.3, -0.25) is 0 Å². The quantitative estimate of drug-likeness (QED) is 0.473. The molecule has 2 rings (SSSR count). The van der Waals surface area contributed by atoms with Crippen molar-refractivity contribution in [3.8, 4) is 0 Å². The molecule has 0 amide bonds. The first-order valence-electron chi connectivity index (χ1n) is 5.27. The number of hydrogen-bond donors (Lipinski definition) is 0. The van der Waals surface area contributed by atoms with Crippen molar-refractivity contribution in [3.63, 3.8) is 0 Å². The van der Waals surface area contributed by atoms with E-state index < -0.39 is 0 Å². The number of hydrogen-bond acceptors (Lipinski definition) is 0. The van der Waals surface area contributed by atoms with Gasteiger partial charge in [0.25, 0.3) is 0 Å². The molecule has 0 N–H and O–H groups in total. The zero-order valence-electron chi connectivity index (χ0n) is 10.4. The van der Waals surface area contributed by atoms with Gasteiger partial charge in [-0.2, -0.15) is 0 Å². The second kappa shape index (κ2) is 8.45. The number of halogens is 3. The third-order valence-electron chi connectivity index (χ3n) is 2.97. The first kappa shape index (κ1) is 20.6. The monoisotopic (exact) mass is 336 g/mol. The van der Waals surface area contributed by atoms with Crippen LogP contribution in [0.15, 0.2) is 42.5 Å². The Morgan fingerprint density at radius 3 is 2.00 bits per heavy atom. The van der Waals surface area contributed by atoms with Crippen LogP contribution in [0.5, 0.6) is 0 Å². The smallest absolute Gasteiger partial charge is 1.00 e. The predicted octanol–water partition coefficient (Wildman–Crippen LogP) is -5.31. The molecule has 1 aromatic carbocycles. The molecule has 0 aliphatic heterocycles. The van der Waals surface area contributed by atoms with Gasteiger partial charge < -0.3 is 37.2 Å². The Bertz CT molecular complexity index is 427. The molecule has 1 aliphatic carbocycles. The van der Waals surface area contributed by atoms with E-state index in [9.17, 15) is 0 Å². The summed E-state index contributed by atoms with van der Waals surface area (Å²) in [5, 5.41) is 0. The molecule has 1 aromatic rings. The molecule has 0 aromatic heterocycles. The van der Waals surface area contributed by atoms with E-state index in [1.165, 1.54) is 16.7 Å². The standard InChI is InChI=1S/C14H15.3ClH.Ti/c1-11-7-8-14(9-12(11)2)10-13-5-3-4-6-13;;;;/h3-9H,10H2,1-2H3;3*1H;/q;;;;+3/p-3. The molecule has 0 heterocycles. The molecule has 96 valence electrons. The van der Waals surface area contributed by atoms with Crippen molar-refractivity contribution in [2.24, 2.45) is 0 Å². The van der Waals surface area contributed by atoms with Gasteiger partial charge in [0.15, 0.2) is 0 Å². The first-order chi connectivity index (χ1) is 7.09. The van der Waals surface area contributed by atoms with E-state index in [0.717, 1.165) is 6.42 Å². The molecule has 0 atom stereocenters. The Labute approximate surface area is 140 Å². The van der Waals surface area contributed by atoms with Gasteiger partial charge in [0.1, 0.15) is 0 Å². The van der Waals surface area contributed by atoms with Gasteiger partial charge in [-0.25, -0.2) is 0 Å². The molecule has 1 aliphatic rings. The van der Waals surface area contributed by atoms with Gasteiger partial charge in [-0.05, 0) is 0 Å². The zero-order chi connectivity index (χ0) is 10.9. The van der Waals surface area contributed by atoms with Crippen molar-refractivity contribution in [2.75, 3.05) is 0 Å². The minimum atomic E-state index is 0. The number of rotatable bonds is 2. The van der Waals surface area contributed by atoms with E-state index in [4.69, 9.17) is 0 Å². The van der Waals surface area contributed by atoms with Crippen molar-refractivity contribution < 1.29 is 57.7 Å². The second-order valence-corrected chi connectivity index (χ2v) is 5.81. The fourth-order valence-electron chi connectivity index (χ4n) is 1.88. The summed E-state index contributed by atoms with van der Waals surface area (Å²) in [6.45, 7) is 4.34. The van der Waals surface area contributed by atoms with Crippen LogP contribution in [-0.4, -0.2) is 0 Å². The van der Waals surface area contributed by atoms with Crippen molar-refractivity contribution in [3.05, 3.63) is 59.2 Å². The van der Waals surface area contributed by atoms with Crippen molar-refractivity contribution >= 4 is 0 Å². The fourth-order valence-corrected chi connectivity index (χ4v) is 2.50. The van der Waals surface area contributed by atoms with Crippen LogP contribution < -0.4 is 37.2 Å². The maximum atomic E-state index is 2.31. The first-order valence-corrected chi connectivity index (χ1v) is 6.05. The molecule has 4 heteroatoms. The predicted molar refractivity (Wildman–Crippen MR) is 60.6 cm³/mol. The van der Waals surface area contributed by atoms with Crippen LogP contribution in [0.25, 0.3) is 0 Å². The second-order valence-electron chi connectivity index (χ2n) is 4.35. The van der Waals surface area contributed by atoms with Gasteiger partial charge in [0.2, 0.25) is 0 Å². The minimum absolute atomic E-state index is 0. The largest absolute Gasteiger partial charge is 1.00 e. The van der Waals surface area contributed by atoms with E-state index in [0.29, 0.717) is 0 Å². The van der Waals surface area contributed by atoms with Crippen LogP contribution in [0.3, 0.4) is 0 Å². The zero-order valence-corrected chi connectivity index (χ0v) is 14.2. The molecule has 18 heavy (non-hydrogen) atoms. The molecular weight excluding hydrogens is 322 g/mol. The van der Waals surface area contributed by atoms with E-state index >= 15 is 0 Å². The van der Waals surface area contributed by atoms with Crippen LogP contribution >= 0.6 is 0 Å². The molecule has 0 fully saturated rings. The van der Waals surface area contributed by atoms with Crippen LogP contribution in [0.2, 0.25) is 3.72 Å². The maximum absolute atomic E-state index is 2.31. The van der Waals surface area contributed by atoms with Gasteiger partial charge in [0.05, 0.1) is 0 Å². The third kappa shape index (κ3) is 5.11. The Kier molecular flexibility index (Phi) is 9.67. The molecule has 0 radical (unpaired) electrons. The maximum Gasteiger partial charge on any atom is -1.00 e. The summed E-state index contributed by atoms with van der Waals surface area (Å²) in [6.07, 6.45) is 9.94. The molecule has 0 spiro atoms. The van der Waals surface area contributed by atoms with E-state index in [1.807, 2.05) is 0 Å². The van der Waals surface area contributed by atoms with Gasteiger partial charge in [-0.15, -0.1) is 0 Å². The summed E-state index contributed by atoms with van der Waals surface area (Å²) >= 11 is 2.28. The molecule has 0 nitrogen and oxygen atoms in total. The minimum Gasteiger partial charge on any atom is -1.00 e. The summed E-state index contributed by atoms with van der Waals surface area (Å²) in [4.78, 5) is 0. The van der Waals surface area contributed by atoms with Crippen molar-refractivity contribution in [1.82, 2.24) is 0 Å². The fraction of sp³-hybridized carbons (Fsp3) is 0.286. The Morgan fingerprint density at radius 2 is 1.50 bits per heavy atom. The summed E-state index contributed by atoms with van der Waals surface area (Å²) in [5.41, 5.74) is 4.19. The van der Waals surface area contributed by atoms with Gasteiger partial charge in [-0.1, -0.05) is 0 Å². The number of allylic oxidation sites excluding steroid dienone is 4. The van der Waals surface area contributed by atoms with Crippen LogP contribution in [0, 0.1) is 13.8 Å². The van der Waals surface area contributed by atoms with E-state index in [-0.39, 0.29) is 40.9 Å². The molecule has 0 saturated heterocycles.